The molecule has 1 aliphatic rings. The summed E-state index contributed by atoms with van der Waals surface area (Å²) in [6.07, 6.45) is 1.77. The molecule has 1 fully saturated rings. The molecular formula is C11H16N4O3S. The Morgan fingerprint density at radius 2 is 2.00 bits per heavy atom. The highest BCUT2D eigenvalue weighted by Crippen LogP contribution is 2.22. The second-order valence-electron chi connectivity index (χ2n) is 4.40. The monoisotopic (exact) mass is 284 g/mol. The van der Waals surface area contributed by atoms with Gasteiger partial charge in [0.1, 0.15) is 0 Å². The van der Waals surface area contributed by atoms with Crippen molar-refractivity contribution in [1.29, 1.82) is 0 Å². The Hall–Kier alpha value is -1.80. The van der Waals surface area contributed by atoms with E-state index in [-0.39, 0.29) is 11.9 Å². The van der Waals surface area contributed by atoms with E-state index in [1.54, 1.807) is 24.3 Å². The summed E-state index contributed by atoms with van der Waals surface area (Å²) in [4.78, 5) is 0. The minimum Gasteiger partial charge on any atom is -0.409 e. The second kappa shape index (κ2) is 5.06. The first-order chi connectivity index (χ1) is 8.94. The number of benzene rings is 1. The van der Waals surface area contributed by atoms with Gasteiger partial charge in [0.05, 0.1) is 5.69 Å². The number of hydrogen-bond donors (Lipinski definition) is 3. The zero-order valence-electron chi connectivity index (χ0n) is 10.4. The number of nitrogens with two attached hydrogens (primary N) is 1. The van der Waals surface area contributed by atoms with Crippen LogP contribution in [0.4, 0.5) is 5.69 Å². The molecule has 1 aliphatic carbocycles. The number of nitrogens with zero attached hydrogens (tertiary/aromatic N) is 2. The van der Waals surface area contributed by atoms with Crippen molar-refractivity contribution in [2.75, 3.05) is 11.4 Å². The molecule has 0 aliphatic heterocycles. The molecule has 0 heterocycles. The predicted octanol–water partition coefficient (Wildman–Crippen LogP) is 0.214. The lowest BCUT2D eigenvalue weighted by Crippen LogP contribution is -2.39. The first kappa shape index (κ1) is 13.6. The van der Waals surface area contributed by atoms with E-state index in [2.05, 4.69) is 9.88 Å². The van der Waals surface area contributed by atoms with Gasteiger partial charge in [0, 0.05) is 18.7 Å². The van der Waals surface area contributed by atoms with E-state index in [9.17, 15) is 8.42 Å². The summed E-state index contributed by atoms with van der Waals surface area (Å²) in [5.41, 5.74) is 6.46. The Morgan fingerprint density at radius 1 is 1.42 bits per heavy atom. The molecule has 19 heavy (non-hydrogen) atoms. The first-order valence-electron chi connectivity index (χ1n) is 5.78. The van der Waals surface area contributed by atoms with E-state index in [1.807, 2.05) is 0 Å². The van der Waals surface area contributed by atoms with Gasteiger partial charge in [-0.3, -0.25) is 4.31 Å². The average molecular weight is 284 g/mol. The minimum absolute atomic E-state index is 0.0202. The Kier molecular flexibility index (Phi) is 3.63. The molecule has 8 heteroatoms. The van der Waals surface area contributed by atoms with Gasteiger partial charge in [0.15, 0.2) is 5.84 Å². The summed E-state index contributed by atoms with van der Waals surface area (Å²) < 4.78 is 27.7. The van der Waals surface area contributed by atoms with Crippen molar-refractivity contribution in [1.82, 2.24) is 4.72 Å². The summed E-state index contributed by atoms with van der Waals surface area (Å²) in [5, 5.41) is 11.4. The summed E-state index contributed by atoms with van der Waals surface area (Å²) in [6.45, 7) is 0. The average Bonchev–Trinajstić information content (AvgIpc) is 3.20. The van der Waals surface area contributed by atoms with Crippen LogP contribution in [0, 0.1) is 0 Å². The fourth-order valence-corrected chi connectivity index (χ4v) is 2.74. The maximum Gasteiger partial charge on any atom is 0.301 e. The number of nitrogens with one attached hydrogen (secondary N) is 1. The van der Waals surface area contributed by atoms with Crippen molar-refractivity contribution in [3.05, 3.63) is 29.8 Å². The summed E-state index contributed by atoms with van der Waals surface area (Å²) >= 11 is 0. The molecule has 0 aromatic heterocycles. The smallest absolute Gasteiger partial charge is 0.301 e. The summed E-state index contributed by atoms with van der Waals surface area (Å²) in [7, 11) is -2.04. The van der Waals surface area contributed by atoms with Crippen LogP contribution in [-0.2, 0) is 10.2 Å². The van der Waals surface area contributed by atoms with Gasteiger partial charge in [-0.1, -0.05) is 5.16 Å². The maximum absolute atomic E-state index is 12.0. The Morgan fingerprint density at radius 3 is 2.47 bits per heavy atom. The minimum atomic E-state index is -3.52. The van der Waals surface area contributed by atoms with Gasteiger partial charge in [0.2, 0.25) is 0 Å². The van der Waals surface area contributed by atoms with Crippen molar-refractivity contribution in [3.8, 4) is 0 Å². The third-order valence-corrected chi connectivity index (χ3v) is 4.45. The SMILES string of the molecule is CN(c1ccc(/C(N)=N/O)cc1)S(=O)(=O)NC1CC1. The Labute approximate surface area is 111 Å². The van der Waals surface area contributed by atoms with E-state index < -0.39 is 10.2 Å². The second-order valence-corrected chi connectivity index (χ2v) is 6.13. The molecule has 1 aromatic carbocycles. The summed E-state index contributed by atoms with van der Waals surface area (Å²) in [6, 6.07) is 6.43. The predicted molar refractivity (Wildman–Crippen MR) is 72.4 cm³/mol. The van der Waals surface area contributed by atoms with E-state index in [1.165, 1.54) is 11.4 Å². The molecule has 0 amide bonds. The molecule has 4 N–H and O–H groups in total. The molecule has 0 unspecified atom stereocenters. The Bertz CT molecular complexity index is 578. The van der Waals surface area contributed by atoms with Crippen LogP contribution in [0.5, 0.6) is 0 Å². The standard InChI is InChI=1S/C11H16N4O3S/c1-15(19(17,18)14-9-4-5-9)10-6-2-8(3-7-10)11(12)13-16/h2-3,6-7,9,14,16H,4-5H2,1H3,(H2,12,13). The van der Waals surface area contributed by atoms with E-state index in [4.69, 9.17) is 10.9 Å². The summed E-state index contributed by atoms with van der Waals surface area (Å²) in [5.74, 6) is -0.0202. The van der Waals surface area contributed by atoms with Gasteiger partial charge < -0.3 is 10.9 Å². The fourth-order valence-electron chi connectivity index (χ4n) is 1.53. The highest BCUT2D eigenvalue weighted by atomic mass is 32.2. The molecule has 0 atom stereocenters. The molecule has 2 rings (SSSR count). The van der Waals surface area contributed by atoms with Crippen LogP contribution in [0.15, 0.2) is 29.4 Å². The number of rotatable bonds is 5. The lowest BCUT2D eigenvalue weighted by atomic mass is 10.2. The van der Waals surface area contributed by atoms with Crippen molar-refractivity contribution in [3.63, 3.8) is 0 Å². The number of anilines is 1. The van der Waals surface area contributed by atoms with Gasteiger partial charge in [-0.05, 0) is 37.1 Å². The molecule has 0 saturated heterocycles. The molecule has 0 bridgehead atoms. The van der Waals surface area contributed by atoms with Crippen molar-refractivity contribution >= 4 is 21.7 Å². The molecule has 1 aromatic rings. The lowest BCUT2D eigenvalue weighted by Gasteiger charge is -2.19. The molecule has 0 radical (unpaired) electrons. The van der Waals surface area contributed by atoms with Crippen molar-refractivity contribution in [2.24, 2.45) is 10.9 Å². The third-order valence-electron chi connectivity index (χ3n) is 2.89. The quantitative estimate of drug-likeness (QED) is 0.311. The van der Waals surface area contributed by atoms with Gasteiger partial charge in [-0.2, -0.15) is 13.1 Å². The highest BCUT2D eigenvalue weighted by molar-refractivity contribution is 7.90. The van der Waals surface area contributed by atoms with E-state index in [0.29, 0.717) is 11.3 Å². The van der Waals surface area contributed by atoms with Crippen LogP contribution in [0.2, 0.25) is 0 Å². The van der Waals surface area contributed by atoms with Crippen LogP contribution < -0.4 is 14.8 Å². The van der Waals surface area contributed by atoms with E-state index >= 15 is 0 Å². The van der Waals surface area contributed by atoms with Crippen molar-refractivity contribution in [2.45, 2.75) is 18.9 Å². The third kappa shape index (κ3) is 3.15. The molecular weight excluding hydrogens is 268 g/mol. The van der Waals surface area contributed by atoms with Gasteiger partial charge >= 0.3 is 10.2 Å². The van der Waals surface area contributed by atoms with Crippen LogP contribution in [0.3, 0.4) is 0 Å². The zero-order chi connectivity index (χ0) is 14.0. The largest absolute Gasteiger partial charge is 0.409 e. The topological polar surface area (TPSA) is 108 Å². The van der Waals surface area contributed by atoms with Crippen LogP contribution in [0.25, 0.3) is 0 Å². The molecule has 1 saturated carbocycles. The fraction of sp³-hybridized carbons (Fsp3) is 0.364. The van der Waals surface area contributed by atoms with Gasteiger partial charge in [-0.25, -0.2) is 0 Å². The lowest BCUT2D eigenvalue weighted by molar-refractivity contribution is 0.318. The van der Waals surface area contributed by atoms with E-state index in [0.717, 1.165) is 12.8 Å². The highest BCUT2D eigenvalue weighted by Gasteiger charge is 2.29. The molecule has 7 nitrogen and oxygen atoms in total. The Balaban J connectivity index is 2.17. The van der Waals surface area contributed by atoms with Crippen LogP contribution in [-0.4, -0.2) is 32.6 Å². The van der Waals surface area contributed by atoms with Crippen LogP contribution >= 0.6 is 0 Å². The van der Waals surface area contributed by atoms with Crippen LogP contribution in [0.1, 0.15) is 18.4 Å². The van der Waals surface area contributed by atoms with Gasteiger partial charge in [-0.15, -0.1) is 0 Å². The van der Waals surface area contributed by atoms with Crippen molar-refractivity contribution < 1.29 is 13.6 Å². The molecule has 0 spiro atoms. The normalized spacial score (nSPS) is 16.4. The number of amidine groups is 1. The first-order valence-corrected chi connectivity index (χ1v) is 7.22. The molecule has 104 valence electrons. The van der Waals surface area contributed by atoms with Gasteiger partial charge in [0.25, 0.3) is 0 Å². The number of oxime groups is 1. The zero-order valence-corrected chi connectivity index (χ0v) is 11.3. The maximum atomic E-state index is 12.0. The number of hydrogen-bond acceptors (Lipinski definition) is 4.